The van der Waals surface area contributed by atoms with E-state index in [1.165, 1.54) is 12.3 Å². The Hall–Kier alpha value is -4.05. The van der Waals surface area contributed by atoms with Gasteiger partial charge >= 0.3 is 0 Å². The number of aromatic nitrogens is 1. The first-order valence-corrected chi connectivity index (χ1v) is 12.0. The number of nitrogens with zero attached hydrogens (tertiary/aromatic N) is 2. The van der Waals surface area contributed by atoms with E-state index in [1.807, 2.05) is 37.3 Å². The molecule has 0 radical (unpaired) electrons. The summed E-state index contributed by atoms with van der Waals surface area (Å²) in [5.74, 6) is -2.92. The van der Waals surface area contributed by atoms with Gasteiger partial charge in [-0.2, -0.15) is 0 Å². The van der Waals surface area contributed by atoms with Crippen LogP contribution < -0.4 is 15.5 Å². The molecule has 3 heterocycles. The Morgan fingerprint density at radius 1 is 1.11 bits per heavy atom. The summed E-state index contributed by atoms with van der Waals surface area (Å²) >= 11 is 0. The highest BCUT2D eigenvalue weighted by molar-refractivity contribution is 5.99. The van der Waals surface area contributed by atoms with E-state index < -0.39 is 23.0 Å². The Labute approximate surface area is 211 Å². The summed E-state index contributed by atoms with van der Waals surface area (Å²) in [6, 6.07) is 11.6. The van der Waals surface area contributed by atoms with E-state index in [4.69, 9.17) is 9.47 Å². The summed E-state index contributed by atoms with van der Waals surface area (Å²) in [6.07, 6.45) is 1.35. The molecule has 2 aromatic carbocycles. The number of carbonyl (C=O) groups is 2. The maximum atomic E-state index is 14.1. The second-order valence-electron chi connectivity index (χ2n) is 8.91. The fraction of sp³-hybridized carbons (Fsp3) is 0.296. The first-order chi connectivity index (χ1) is 17.9. The van der Waals surface area contributed by atoms with E-state index >= 15 is 0 Å². The fourth-order valence-corrected chi connectivity index (χ4v) is 4.80. The van der Waals surface area contributed by atoms with Crippen molar-refractivity contribution >= 4 is 11.8 Å². The standard InChI is InChI=1S/C27H25F2N3O5/c1-2-31-21-14-36-15-22(21)32-12-19(26(34)30-11-17-8-9-18(28)10-20(17)29)24(33)25(23(32)27(31)35)37-13-16-6-4-3-5-7-16/h3-10,12,21-22H,2,11,13-15H2,1H3,(H,30,34)/t21-,22+/m0/s1. The first kappa shape index (κ1) is 24.6. The van der Waals surface area contributed by atoms with Gasteiger partial charge in [-0.1, -0.05) is 36.4 Å². The van der Waals surface area contributed by atoms with Crippen LogP contribution in [0.3, 0.4) is 0 Å². The molecule has 0 aliphatic carbocycles. The molecule has 37 heavy (non-hydrogen) atoms. The van der Waals surface area contributed by atoms with Gasteiger partial charge in [0.2, 0.25) is 5.43 Å². The monoisotopic (exact) mass is 509 g/mol. The largest absolute Gasteiger partial charge is 0.483 e. The van der Waals surface area contributed by atoms with Gasteiger partial charge in [0.15, 0.2) is 11.4 Å². The van der Waals surface area contributed by atoms with Crippen molar-refractivity contribution in [3.63, 3.8) is 0 Å². The van der Waals surface area contributed by atoms with Gasteiger partial charge in [-0.05, 0) is 18.6 Å². The molecule has 2 aliphatic heterocycles. The average molecular weight is 510 g/mol. The number of likely N-dealkylation sites (N-methyl/N-ethyl adjacent to an activating group) is 1. The minimum atomic E-state index is -0.814. The van der Waals surface area contributed by atoms with Gasteiger partial charge in [0.25, 0.3) is 11.8 Å². The summed E-state index contributed by atoms with van der Waals surface area (Å²) in [5.41, 5.74) is -0.0965. The summed E-state index contributed by atoms with van der Waals surface area (Å²) in [4.78, 5) is 41.8. The van der Waals surface area contributed by atoms with Crippen LogP contribution in [0.15, 0.2) is 59.5 Å². The summed E-state index contributed by atoms with van der Waals surface area (Å²) in [5, 5.41) is 2.52. The van der Waals surface area contributed by atoms with Crippen LogP contribution in [0.25, 0.3) is 0 Å². The lowest BCUT2D eigenvalue weighted by molar-refractivity contribution is 0.0566. The average Bonchev–Trinajstić information content (AvgIpc) is 3.38. The predicted molar refractivity (Wildman–Crippen MR) is 129 cm³/mol. The normalized spacial score (nSPS) is 18.4. The van der Waals surface area contributed by atoms with Crippen molar-refractivity contribution in [1.82, 2.24) is 14.8 Å². The third-order valence-electron chi connectivity index (χ3n) is 6.70. The third-order valence-corrected chi connectivity index (χ3v) is 6.70. The van der Waals surface area contributed by atoms with Crippen molar-refractivity contribution in [1.29, 1.82) is 0 Å². The van der Waals surface area contributed by atoms with Gasteiger partial charge in [0, 0.05) is 30.9 Å². The molecule has 2 amide bonds. The number of rotatable bonds is 7. The van der Waals surface area contributed by atoms with Crippen molar-refractivity contribution in [3.05, 3.63) is 99.0 Å². The summed E-state index contributed by atoms with van der Waals surface area (Å²) in [6.45, 7) is 2.65. The van der Waals surface area contributed by atoms with E-state index in [0.717, 1.165) is 17.7 Å². The van der Waals surface area contributed by atoms with Gasteiger partial charge in [-0.25, -0.2) is 8.78 Å². The summed E-state index contributed by atoms with van der Waals surface area (Å²) < 4.78 is 40.5. The Bertz CT molecular complexity index is 1410. The molecule has 0 unspecified atom stereocenters. The number of fused-ring (bicyclic) bond motifs is 3. The van der Waals surface area contributed by atoms with Crippen molar-refractivity contribution in [3.8, 4) is 5.75 Å². The van der Waals surface area contributed by atoms with Crippen molar-refractivity contribution in [2.45, 2.75) is 32.2 Å². The molecule has 0 saturated carbocycles. The van der Waals surface area contributed by atoms with Crippen molar-refractivity contribution in [2.24, 2.45) is 0 Å². The van der Waals surface area contributed by atoms with Crippen LogP contribution in [0, 0.1) is 11.6 Å². The van der Waals surface area contributed by atoms with Crippen LogP contribution in [0.1, 0.15) is 44.9 Å². The van der Waals surface area contributed by atoms with E-state index in [0.29, 0.717) is 19.8 Å². The zero-order valence-electron chi connectivity index (χ0n) is 20.1. The number of halogens is 2. The van der Waals surface area contributed by atoms with Gasteiger partial charge < -0.3 is 24.3 Å². The lowest BCUT2D eigenvalue weighted by atomic mass is 10.0. The Kier molecular flexibility index (Phi) is 6.75. The maximum absolute atomic E-state index is 14.1. The zero-order valence-corrected chi connectivity index (χ0v) is 20.1. The molecule has 1 saturated heterocycles. The molecule has 0 bridgehead atoms. The minimum absolute atomic E-state index is 0.0128. The molecule has 8 nitrogen and oxygen atoms in total. The number of ether oxygens (including phenoxy) is 2. The van der Waals surface area contributed by atoms with E-state index in [9.17, 15) is 23.2 Å². The molecule has 0 spiro atoms. The summed E-state index contributed by atoms with van der Waals surface area (Å²) in [7, 11) is 0. The predicted octanol–water partition coefficient (Wildman–Crippen LogP) is 3.05. The molecule has 192 valence electrons. The number of carbonyl (C=O) groups excluding carboxylic acids is 2. The number of hydrogen-bond donors (Lipinski definition) is 1. The minimum Gasteiger partial charge on any atom is -0.483 e. The molecule has 2 atom stereocenters. The third kappa shape index (κ3) is 4.60. The van der Waals surface area contributed by atoms with Crippen LogP contribution in [0.5, 0.6) is 5.75 Å². The fourth-order valence-electron chi connectivity index (χ4n) is 4.80. The lowest BCUT2D eigenvalue weighted by Gasteiger charge is -2.39. The molecule has 2 aliphatic rings. The molecule has 10 heteroatoms. The van der Waals surface area contributed by atoms with Crippen LogP contribution in [0.2, 0.25) is 0 Å². The van der Waals surface area contributed by atoms with Gasteiger partial charge in [-0.15, -0.1) is 0 Å². The van der Waals surface area contributed by atoms with Crippen LogP contribution in [-0.2, 0) is 17.9 Å². The molecule has 5 rings (SSSR count). The SMILES string of the molecule is CCN1C(=O)c2c(OCc3ccccc3)c(=O)c(C(=O)NCc3ccc(F)cc3F)cn2[C@@H]2COC[C@@H]21. The van der Waals surface area contributed by atoms with Gasteiger partial charge in [0.05, 0.1) is 25.3 Å². The highest BCUT2D eigenvalue weighted by atomic mass is 19.1. The van der Waals surface area contributed by atoms with Crippen LogP contribution in [-0.4, -0.2) is 47.1 Å². The molecule has 1 aromatic heterocycles. The quantitative estimate of drug-likeness (QED) is 0.529. The molecule has 1 N–H and O–H groups in total. The van der Waals surface area contributed by atoms with E-state index in [1.54, 1.807) is 9.47 Å². The second-order valence-corrected chi connectivity index (χ2v) is 8.91. The van der Waals surface area contributed by atoms with E-state index in [2.05, 4.69) is 5.32 Å². The molecular formula is C27H25F2N3O5. The Morgan fingerprint density at radius 2 is 1.86 bits per heavy atom. The van der Waals surface area contributed by atoms with Crippen molar-refractivity contribution < 1.29 is 27.8 Å². The first-order valence-electron chi connectivity index (χ1n) is 12.0. The van der Waals surface area contributed by atoms with Gasteiger partial charge in [-0.3, -0.25) is 14.4 Å². The van der Waals surface area contributed by atoms with Crippen LogP contribution in [0.4, 0.5) is 8.78 Å². The second kappa shape index (κ2) is 10.1. The van der Waals surface area contributed by atoms with Crippen molar-refractivity contribution in [2.75, 3.05) is 19.8 Å². The highest BCUT2D eigenvalue weighted by Crippen LogP contribution is 2.35. The molecule has 1 fully saturated rings. The smallest absolute Gasteiger partial charge is 0.274 e. The lowest BCUT2D eigenvalue weighted by Crippen LogP contribution is -2.51. The molecule has 3 aromatic rings. The zero-order chi connectivity index (χ0) is 26.1. The van der Waals surface area contributed by atoms with Crippen LogP contribution >= 0.6 is 0 Å². The number of pyridine rings is 1. The number of benzene rings is 2. The topological polar surface area (TPSA) is 89.9 Å². The Morgan fingerprint density at radius 3 is 2.59 bits per heavy atom. The van der Waals surface area contributed by atoms with Gasteiger partial charge in [0.1, 0.15) is 23.8 Å². The highest BCUT2D eigenvalue weighted by Gasteiger charge is 2.45. The van der Waals surface area contributed by atoms with E-state index in [-0.39, 0.29) is 53.7 Å². The number of hydrogen-bond acceptors (Lipinski definition) is 5. The number of nitrogens with one attached hydrogen (secondary N) is 1. The molecular weight excluding hydrogens is 484 g/mol. The Balaban J connectivity index is 1.54. The number of amides is 2. The maximum Gasteiger partial charge on any atom is 0.274 e.